The number of nitrogens with one attached hydrogen (secondary N) is 1. The molecule has 19 heavy (non-hydrogen) atoms. The smallest absolute Gasteiger partial charge is 0.187 e. The van der Waals surface area contributed by atoms with Crippen LogP contribution in [0, 0.1) is 3.57 Å². The molecular formula is C15H11BrINO. The van der Waals surface area contributed by atoms with E-state index in [2.05, 4.69) is 43.8 Å². The summed E-state index contributed by atoms with van der Waals surface area (Å²) < 4.78 is 2.07. The molecule has 0 radical (unpaired) electrons. The van der Waals surface area contributed by atoms with Crippen molar-refractivity contribution >= 4 is 50.0 Å². The molecule has 2 aromatic carbocycles. The van der Waals surface area contributed by atoms with E-state index in [1.54, 1.807) is 18.3 Å². The summed E-state index contributed by atoms with van der Waals surface area (Å²) in [5.41, 5.74) is 1.66. The van der Waals surface area contributed by atoms with Crippen molar-refractivity contribution in [1.82, 2.24) is 0 Å². The predicted molar refractivity (Wildman–Crippen MR) is 90.4 cm³/mol. The Morgan fingerprint density at radius 3 is 2.47 bits per heavy atom. The Balaban J connectivity index is 2.01. The molecule has 0 saturated heterocycles. The van der Waals surface area contributed by atoms with E-state index in [4.69, 9.17) is 0 Å². The minimum absolute atomic E-state index is 0.0223. The molecule has 0 aliphatic heterocycles. The summed E-state index contributed by atoms with van der Waals surface area (Å²) in [5.74, 6) is -0.0223. The molecule has 2 rings (SSSR count). The minimum atomic E-state index is -0.0223. The zero-order valence-electron chi connectivity index (χ0n) is 9.94. The number of carbonyl (C=O) groups is 1. The van der Waals surface area contributed by atoms with Gasteiger partial charge in [0.25, 0.3) is 0 Å². The minimum Gasteiger partial charge on any atom is -0.361 e. The van der Waals surface area contributed by atoms with Gasteiger partial charge in [0.05, 0.1) is 5.69 Å². The Labute approximate surface area is 134 Å². The third-order valence-electron chi connectivity index (χ3n) is 2.48. The van der Waals surface area contributed by atoms with Crippen molar-refractivity contribution in [2.75, 3.05) is 5.32 Å². The van der Waals surface area contributed by atoms with Crippen LogP contribution in [0.2, 0.25) is 0 Å². The average Bonchev–Trinajstić information content (AvgIpc) is 2.41. The number of allylic oxidation sites excluding steroid dienone is 1. The maximum atomic E-state index is 11.9. The first kappa shape index (κ1) is 14.3. The van der Waals surface area contributed by atoms with Gasteiger partial charge in [0.15, 0.2) is 5.78 Å². The number of ketones is 1. The van der Waals surface area contributed by atoms with Crippen molar-refractivity contribution in [2.24, 2.45) is 0 Å². The molecule has 0 aliphatic rings. The van der Waals surface area contributed by atoms with Gasteiger partial charge in [-0.3, -0.25) is 4.79 Å². The topological polar surface area (TPSA) is 29.1 Å². The molecule has 0 fully saturated rings. The van der Waals surface area contributed by atoms with Crippen LogP contribution in [0.3, 0.4) is 0 Å². The van der Waals surface area contributed by atoms with E-state index in [1.165, 1.54) is 6.08 Å². The van der Waals surface area contributed by atoms with Crippen molar-refractivity contribution in [1.29, 1.82) is 0 Å². The first-order valence-electron chi connectivity index (χ1n) is 5.64. The Morgan fingerprint density at radius 2 is 1.79 bits per heavy atom. The lowest BCUT2D eigenvalue weighted by Gasteiger charge is -2.02. The van der Waals surface area contributed by atoms with Gasteiger partial charge in [0.1, 0.15) is 0 Å². The van der Waals surface area contributed by atoms with Crippen molar-refractivity contribution in [3.63, 3.8) is 0 Å². The highest BCUT2D eigenvalue weighted by atomic mass is 127. The highest BCUT2D eigenvalue weighted by Gasteiger charge is 2.01. The number of hydrogen-bond acceptors (Lipinski definition) is 2. The van der Waals surface area contributed by atoms with Crippen LogP contribution >= 0.6 is 38.5 Å². The van der Waals surface area contributed by atoms with Crippen LogP contribution in [0.1, 0.15) is 10.4 Å². The van der Waals surface area contributed by atoms with Gasteiger partial charge in [-0.15, -0.1) is 0 Å². The fourth-order valence-electron chi connectivity index (χ4n) is 1.50. The molecule has 0 atom stereocenters. The molecule has 4 heteroatoms. The molecule has 2 nitrogen and oxygen atoms in total. The first-order chi connectivity index (χ1) is 9.16. The Kier molecular flexibility index (Phi) is 5.15. The average molecular weight is 428 g/mol. The second-order valence-corrected chi connectivity index (χ2v) is 5.91. The lowest BCUT2D eigenvalue weighted by Crippen LogP contribution is -1.96. The molecule has 96 valence electrons. The molecule has 1 N–H and O–H groups in total. The monoisotopic (exact) mass is 427 g/mol. The van der Waals surface area contributed by atoms with Crippen LogP contribution in [0.5, 0.6) is 0 Å². The molecule has 0 unspecified atom stereocenters. The summed E-state index contributed by atoms with van der Waals surface area (Å²) >= 11 is 5.59. The number of hydrogen-bond donors (Lipinski definition) is 1. The zero-order chi connectivity index (χ0) is 13.7. The molecule has 0 aromatic heterocycles. The standard InChI is InChI=1S/C15H11BrINO/c16-12-7-5-11(6-8-12)15(19)9-10-18-14-4-2-1-3-13(14)17/h1-10,18H. The van der Waals surface area contributed by atoms with Gasteiger partial charge in [0.2, 0.25) is 0 Å². The summed E-state index contributed by atoms with van der Waals surface area (Å²) in [4.78, 5) is 11.9. The number of anilines is 1. The maximum absolute atomic E-state index is 11.9. The summed E-state index contributed by atoms with van der Waals surface area (Å²) in [7, 11) is 0. The van der Waals surface area contributed by atoms with Gasteiger partial charge in [-0.25, -0.2) is 0 Å². The molecule has 2 aromatic rings. The van der Waals surface area contributed by atoms with E-state index >= 15 is 0 Å². The molecule has 0 amide bonds. The van der Waals surface area contributed by atoms with Crippen LogP contribution in [0.25, 0.3) is 0 Å². The largest absolute Gasteiger partial charge is 0.361 e. The van der Waals surface area contributed by atoms with E-state index in [0.29, 0.717) is 5.56 Å². The van der Waals surface area contributed by atoms with E-state index < -0.39 is 0 Å². The summed E-state index contributed by atoms with van der Waals surface area (Å²) in [5, 5.41) is 3.11. The fraction of sp³-hybridized carbons (Fsp3) is 0. The van der Waals surface area contributed by atoms with Gasteiger partial charge in [0, 0.05) is 25.9 Å². The highest BCUT2D eigenvalue weighted by Crippen LogP contribution is 2.17. The van der Waals surface area contributed by atoms with Crippen LogP contribution in [-0.4, -0.2) is 5.78 Å². The predicted octanol–water partition coefficient (Wildman–Crippen LogP) is 4.86. The van der Waals surface area contributed by atoms with Crippen molar-refractivity contribution in [3.8, 4) is 0 Å². The third kappa shape index (κ3) is 4.18. The van der Waals surface area contributed by atoms with Gasteiger partial charge >= 0.3 is 0 Å². The highest BCUT2D eigenvalue weighted by molar-refractivity contribution is 14.1. The van der Waals surface area contributed by atoms with Crippen molar-refractivity contribution in [2.45, 2.75) is 0 Å². The maximum Gasteiger partial charge on any atom is 0.187 e. The lowest BCUT2D eigenvalue weighted by molar-refractivity contribution is 0.104. The molecular weight excluding hydrogens is 417 g/mol. The van der Waals surface area contributed by atoms with E-state index in [1.807, 2.05) is 36.4 Å². The van der Waals surface area contributed by atoms with Crippen LogP contribution in [0.4, 0.5) is 5.69 Å². The molecule has 0 bridgehead atoms. The van der Waals surface area contributed by atoms with E-state index in [-0.39, 0.29) is 5.78 Å². The fourth-order valence-corrected chi connectivity index (χ4v) is 2.30. The summed E-state index contributed by atoms with van der Waals surface area (Å²) in [6.45, 7) is 0. The van der Waals surface area contributed by atoms with Crippen LogP contribution in [0.15, 0.2) is 65.3 Å². The lowest BCUT2D eigenvalue weighted by atomic mass is 10.1. The Morgan fingerprint density at radius 1 is 1.11 bits per heavy atom. The molecule has 0 spiro atoms. The third-order valence-corrected chi connectivity index (χ3v) is 3.95. The second-order valence-electron chi connectivity index (χ2n) is 3.83. The van der Waals surface area contributed by atoms with Gasteiger partial charge in [-0.05, 0) is 59.0 Å². The second kappa shape index (κ2) is 6.86. The van der Waals surface area contributed by atoms with Crippen LogP contribution in [-0.2, 0) is 0 Å². The summed E-state index contributed by atoms with van der Waals surface area (Å²) in [6, 6.07) is 15.2. The van der Waals surface area contributed by atoms with E-state index in [0.717, 1.165) is 13.7 Å². The number of benzene rings is 2. The van der Waals surface area contributed by atoms with Crippen LogP contribution < -0.4 is 5.32 Å². The first-order valence-corrected chi connectivity index (χ1v) is 7.51. The molecule has 0 saturated carbocycles. The Bertz CT molecular complexity index is 608. The number of carbonyl (C=O) groups excluding carboxylic acids is 1. The summed E-state index contributed by atoms with van der Waals surface area (Å²) in [6.07, 6.45) is 3.20. The zero-order valence-corrected chi connectivity index (χ0v) is 13.7. The van der Waals surface area contributed by atoms with Gasteiger partial charge < -0.3 is 5.32 Å². The SMILES string of the molecule is O=C(C=CNc1ccccc1I)c1ccc(Br)cc1. The molecule has 0 heterocycles. The van der Waals surface area contributed by atoms with Gasteiger partial charge in [-0.2, -0.15) is 0 Å². The van der Waals surface area contributed by atoms with Gasteiger partial charge in [-0.1, -0.05) is 28.1 Å². The number of para-hydroxylation sites is 1. The molecule has 0 aliphatic carbocycles. The normalized spacial score (nSPS) is 10.6. The number of halogens is 2. The Hall–Kier alpha value is -1.14. The van der Waals surface area contributed by atoms with Crippen molar-refractivity contribution < 1.29 is 4.79 Å². The van der Waals surface area contributed by atoms with E-state index in [9.17, 15) is 4.79 Å². The number of rotatable bonds is 4. The van der Waals surface area contributed by atoms with Crippen molar-refractivity contribution in [3.05, 3.63) is 74.4 Å². The quantitative estimate of drug-likeness (QED) is 0.428.